The summed E-state index contributed by atoms with van der Waals surface area (Å²) in [4.78, 5) is 42.4. The third-order valence-corrected chi connectivity index (χ3v) is 6.38. The minimum absolute atomic E-state index is 0.108. The fraction of sp³-hybridized carbons (Fsp3) is 0.690. The van der Waals surface area contributed by atoms with Gasteiger partial charge < -0.3 is 20.3 Å². The predicted octanol–water partition coefficient (Wildman–Crippen LogP) is 5.66. The topological polar surface area (TPSA) is 87.7 Å². The Bertz CT molecular complexity index is 908. The summed E-state index contributed by atoms with van der Waals surface area (Å²) >= 11 is 0. The third kappa shape index (κ3) is 8.52. The van der Waals surface area contributed by atoms with E-state index in [9.17, 15) is 14.4 Å². The van der Waals surface area contributed by atoms with Crippen LogP contribution >= 0.6 is 0 Å². The Hall–Kier alpha value is -2.57. The zero-order valence-electron chi connectivity index (χ0n) is 23.7. The van der Waals surface area contributed by atoms with Crippen molar-refractivity contribution < 1.29 is 19.1 Å². The van der Waals surface area contributed by atoms with Crippen LogP contribution in [0.2, 0.25) is 0 Å². The molecule has 1 fully saturated rings. The molecule has 1 aromatic carbocycles. The number of hydrogen-bond acceptors (Lipinski definition) is 4. The van der Waals surface area contributed by atoms with Gasteiger partial charge in [-0.3, -0.25) is 9.59 Å². The van der Waals surface area contributed by atoms with E-state index in [0.29, 0.717) is 0 Å². The smallest absolute Gasteiger partial charge is 0.408 e. The summed E-state index contributed by atoms with van der Waals surface area (Å²) in [5.41, 5.74) is 0.378. The second-order valence-corrected chi connectivity index (χ2v) is 12.4. The number of hydrogen-bond donors (Lipinski definition) is 2. The molecule has 0 aliphatic heterocycles. The average Bonchev–Trinajstić information content (AvgIpc) is 2.73. The number of carbonyl (C=O) groups excluding carboxylic acids is 3. The first-order chi connectivity index (χ1) is 16.6. The maximum Gasteiger partial charge on any atom is 0.408 e. The number of nitrogens with one attached hydrogen (secondary N) is 2. The summed E-state index contributed by atoms with van der Waals surface area (Å²) in [6.07, 6.45) is 4.62. The lowest BCUT2D eigenvalue weighted by atomic mass is 9.91. The van der Waals surface area contributed by atoms with Crippen LogP contribution in [0.15, 0.2) is 24.3 Å². The molecule has 7 nitrogen and oxygen atoms in total. The van der Waals surface area contributed by atoms with Crippen molar-refractivity contribution in [3.05, 3.63) is 35.4 Å². The molecule has 2 rings (SSSR count). The molecule has 2 unspecified atom stereocenters. The molecule has 3 amide bonds. The summed E-state index contributed by atoms with van der Waals surface area (Å²) < 4.78 is 5.44. The van der Waals surface area contributed by atoms with E-state index in [1.54, 1.807) is 25.7 Å². The maximum atomic E-state index is 14.2. The Labute approximate surface area is 217 Å². The van der Waals surface area contributed by atoms with Crippen LogP contribution in [0.1, 0.15) is 105 Å². The second-order valence-electron chi connectivity index (χ2n) is 12.4. The number of ether oxygens (including phenoxy) is 1. The summed E-state index contributed by atoms with van der Waals surface area (Å²) in [6.45, 7) is 16.8. The molecule has 0 heterocycles. The first kappa shape index (κ1) is 29.7. The predicted molar refractivity (Wildman–Crippen MR) is 144 cm³/mol. The Kier molecular flexibility index (Phi) is 9.98. The highest BCUT2D eigenvalue weighted by atomic mass is 16.6. The largest absolute Gasteiger partial charge is 0.444 e. The summed E-state index contributed by atoms with van der Waals surface area (Å²) in [7, 11) is 0. The first-order valence-electron chi connectivity index (χ1n) is 13.3. The van der Waals surface area contributed by atoms with E-state index in [0.717, 1.165) is 36.8 Å². The molecule has 0 radical (unpaired) electrons. The van der Waals surface area contributed by atoms with Crippen LogP contribution in [0.5, 0.6) is 0 Å². The number of carbonyl (C=O) groups is 3. The quantitative estimate of drug-likeness (QED) is 0.504. The van der Waals surface area contributed by atoms with Crippen molar-refractivity contribution in [1.29, 1.82) is 0 Å². The van der Waals surface area contributed by atoms with E-state index in [2.05, 4.69) is 10.6 Å². The molecule has 36 heavy (non-hydrogen) atoms. The minimum atomic E-state index is -0.853. The maximum absolute atomic E-state index is 14.2. The molecule has 0 saturated heterocycles. The molecular weight excluding hydrogens is 454 g/mol. The lowest BCUT2D eigenvalue weighted by molar-refractivity contribution is -0.149. The molecule has 0 aromatic heterocycles. The Morgan fingerprint density at radius 2 is 1.61 bits per heavy atom. The Morgan fingerprint density at radius 3 is 2.11 bits per heavy atom. The highest BCUT2D eigenvalue weighted by Gasteiger charge is 2.43. The van der Waals surface area contributed by atoms with Crippen LogP contribution in [0.4, 0.5) is 4.79 Å². The van der Waals surface area contributed by atoms with E-state index >= 15 is 0 Å². The molecule has 2 atom stereocenters. The van der Waals surface area contributed by atoms with Gasteiger partial charge in [-0.05, 0) is 72.8 Å². The average molecular weight is 502 g/mol. The van der Waals surface area contributed by atoms with Gasteiger partial charge in [0.1, 0.15) is 17.7 Å². The first-order valence-corrected chi connectivity index (χ1v) is 13.3. The second kappa shape index (κ2) is 12.1. The van der Waals surface area contributed by atoms with Gasteiger partial charge in [-0.25, -0.2) is 4.79 Å². The van der Waals surface area contributed by atoms with E-state index in [-0.39, 0.29) is 23.8 Å². The number of aryl methyl sites for hydroxylation is 1. The van der Waals surface area contributed by atoms with Crippen molar-refractivity contribution in [2.75, 3.05) is 0 Å². The lowest BCUT2D eigenvalue weighted by Gasteiger charge is -2.44. The van der Waals surface area contributed by atoms with E-state index in [1.807, 2.05) is 65.8 Å². The van der Waals surface area contributed by atoms with Crippen molar-refractivity contribution in [3.63, 3.8) is 0 Å². The number of benzene rings is 1. The monoisotopic (exact) mass is 501 g/mol. The van der Waals surface area contributed by atoms with E-state index < -0.39 is 29.3 Å². The molecule has 202 valence electrons. The van der Waals surface area contributed by atoms with Gasteiger partial charge in [0.2, 0.25) is 11.8 Å². The lowest BCUT2D eigenvalue weighted by Crippen LogP contribution is -2.60. The minimum Gasteiger partial charge on any atom is -0.444 e. The van der Waals surface area contributed by atoms with Gasteiger partial charge in [0.25, 0.3) is 0 Å². The highest BCUT2D eigenvalue weighted by Crippen LogP contribution is 2.32. The highest BCUT2D eigenvalue weighted by molar-refractivity contribution is 5.93. The van der Waals surface area contributed by atoms with Gasteiger partial charge in [0, 0.05) is 11.6 Å². The molecule has 2 N–H and O–H groups in total. The standard InChI is InChI=1S/C29H47N3O4/c1-19(2)23(31-27(35)36-29(7,8)9)26(34)32(28(4,5)6)24(21-15-13-14-20(3)18-21)25(33)30-22-16-11-10-12-17-22/h13-15,18-19,22-24H,10-12,16-17H2,1-9H3,(H,30,33)(H,31,35). The van der Waals surface area contributed by atoms with Gasteiger partial charge in [-0.15, -0.1) is 0 Å². The van der Waals surface area contributed by atoms with Gasteiger partial charge in [0.15, 0.2) is 0 Å². The van der Waals surface area contributed by atoms with Crippen molar-refractivity contribution in [3.8, 4) is 0 Å². The van der Waals surface area contributed by atoms with Gasteiger partial charge >= 0.3 is 6.09 Å². The van der Waals surface area contributed by atoms with Crippen molar-refractivity contribution in [2.24, 2.45) is 5.92 Å². The van der Waals surface area contributed by atoms with Crippen LogP contribution in [0, 0.1) is 12.8 Å². The SMILES string of the molecule is Cc1cccc(C(C(=O)NC2CCCCC2)N(C(=O)C(NC(=O)OC(C)(C)C)C(C)C)C(C)(C)C)c1. The Morgan fingerprint density at radius 1 is 1.00 bits per heavy atom. The third-order valence-electron chi connectivity index (χ3n) is 6.38. The van der Waals surface area contributed by atoms with Crippen molar-refractivity contribution in [1.82, 2.24) is 15.5 Å². The zero-order valence-corrected chi connectivity index (χ0v) is 23.7. The molecule has 7 heteroatoms. The molecule has 1 aliphatic rings. The molecule has 1 aromatic rings. The van der Waals surface area contributed by atoms with Crippen LogP contribution in [0.3, 0.4) is 0 Å². The normalized spacial score (nSPS) is 16.7. The fourth-order valence-corrected chi connectivity index (χ4v) is 4.73. The number of amides is 3. The summed E-state index contributed by atoms with van der Waals surface area (Å²) in [6, 6.07) is 6.17. The van der Waals surface area contributed by atoms with Gasteiger partial charge in [-0.2, -0.15) is 0 Å². The van der Waals surface area contributed by atoms with Crippen molar-refractivity contribution >= 4 is 17.9 Å². The van der Waals surface area contributed by atoms with E-state index in [1.165, 1.54) is 6.42 Å². The van der Waals surface area contributed by atoms with E-state index in [4.69, 9.17) is 4.74 Å². The van der Waals surface area contributed by atoms with Crippen LogP contribution in [-0.2, 0) is 14.3 Å². The van der Waals surface area contributed by atoms with Crippen LogP contribution < -0.4 is 10.6 Å². The molecule has 0 spiro atoms. The number of rotatable bonds is 7. The van der Waals surface area contributed by atoms with Crippen LogP contribution in [-0.4, -0.2) is 46.0 Å². The molecule has 1 aliphatic carbocycles. The summed E-state index contributed by atoms with van der Waals surface area (Å²) in [5.74, 6) is -0.710. The fourth-order valence-electron chi connectivity index (χ4n) is 4.73. The molecular formula is C29H47N3O4. The van der Waals surface area contributed by atoms with Gasteiger partial charge in [0.05, 0.1) is 0 Å². The van der Waals surface area contributed by atoms with Crippen LogP contribution in [0.25, 0.3) is 0 Å². The summed E-state index contributed by atoms with van der Waals surface area (Å²) in [5, 5.41) is 6.02. The Balaban J connectivity index is 2.49. The van der Waals surface area contributed by atoms with Gasteiger partial charge in [-0.1, -0.05) is 62.9 Å². The molecule has 1 saturated carbocycles. The number of alkyl carbamates (subject to hydrolysis) is 1. The van der Waals surface area contributed by atoms with Crippen molar-refractivity contribution in [2.45, 2.75) is 124 Å². The number of nitrogens with zero attached hydrogens (tertiary/aromatic N) is 1. The molecule has 0 bridgehead atoms. The zero-order chi connectivity index (χ0) is 27.3.